The van der Waals surface area contributed by atoms with Crippen molar-refractivity contribution >= 4 is 21.4 Å². The average molecular weight is 380 g/mol. The van der Waals surface area contributed by atoms with Gasteiger partial charge in [-0.3, -0.25) is 4.79 Å². The number of rotatable bonds is 7. The Kier molecular flexibility index (Phi) is 6.70. The van der Waals surface area contributed by atoms with Gasteiger partial charge in [0.15, 0.2) is 9.84 Å². The van der Waals surface area contributed by atoms with E-state index in [2.05, 4.69) is 5.32 Å². The van der Waals surface area contributed by atoms with E-state index in [0.717, 1.165) is 50.5 Å². The molecule has 1 N–H and O–H groups in total. The molecule has 0 aromatic heterocycles. The molecule has 0 bridgehead atoms. The van der Waals surface area contributed by atoms with Gasteiger partial charge in [0.2, 0.25) is 5.91 Å². The number of benzene rings is 1. The Balaban J connectivity index is 1.54. The van der Waals surface area contributed by atoms with Crippen molar-refractivity contribution in [1.29, 1.82) is 0 Å². The number of anilines is 1. The first-order valence-electron chi connectivity index (χ1n) is 9.75. The summed E-state index contributed by atoms with van der Waals surface area (Å²) < 4.78 is 30.9. The van der Waals surface area contributed by atoms with Gasteiger partial charge in [-0.25, -0.2) is 8.42 Å². The fourth-order valence-corrected chi connectivity index (χ4v) is 5.89. The lowest BCUT2D eigenvalue weighted by molar-refractivity contribution is -0.122. The van der Waals surface area contributed by atoms with Crippen LogP contribution in [0.2, 0.25) is 0 Å². The van der Waals surface area contributed by atoms with Crippen molar-refractivity contribution in [3.05, 3.63) is 29.8 Å². The standard InChI is InChI=1S/C20H29NO4S/c22-20(14-25-18-9-4-5-10-18)21-17-8-6-7-16(13-17)15-26(23,24)19-11-2-1-3-12-19/h6-8,13,18-19H,1-5,9-12,14-15H2,(H,21,22). The maximum absolute atomic E-state index is 12.6. The molecular formula is C20H29NO4S. The maximum atomic E-state index is 12.6. The van der Waals surface area contributed by atoms with Crippen molar-refractivity contribution < 1.29 is 17.9 Å². The Morgan fingerprint density at radius 2 is 1.73 bits per heavy atom. The molecule has 3 rings (SSSR count). The second kappa shape index (κ2) is 9.00. The third-order valence-corrected chi connectivity index (χ3v) is 7.61. The van der Waals surface area contributed by atoms with E-state index in [4.69, 9.17) is 4.74 Å². The molecule has 2 aliphatic carbocycles. The van der Waals surface area contributed by atoms with Crippen molar-refractivity contribution in [1.82, 2.24) is 0 Å². The molecule has 26 heavy (non-hydrogen) atoms. The van der Waals surface area contributed by atoms with Crippen molar-refractivity contribution in [3.63, 3.8) is 0 Å². The van der Waals surface area contributed by atoms with E-state index in [9.17, 15) is 13.2 Å². The van der Waals surface area contributed by atoms with Gasteiger partial charge in [-0.2, -0.15) is 0 Å². The average Bonchev–Trinajstić information content (AvgIpc) is 3.14. The number of carbonyl (C=O) groups excluding carboxylic acids is 1. The smallest absolute Gasteiger partial charge is 0.250 e. The second-order valence-electron chi connectivity index (χ2n) is 7.53. The predicted molar refractivity (Wildman–Crippen MR) is 103 cm³/mol. The quantitative estimate of drug-likeness (QED) is 0.781. The van der Waals surface area contributed by atoms with E-state index in [1.807, 2.05) is 6.07 Å². The van der Waals surface area contributed by atoms with E-state index in [1.54, 1.807) is 18.2 Å². The maximum Gasteiger partial charge on any atom is 0.250 e. The number of ether oxygens (including phenoxy) is 1. The Morgan fingerprint density at radius 3 is 2.46 bits per heavy atom. The third-order valence-electron chi connectivity index (χ3n) is 5.39. The molecule has 0 unspecified atom stereocenters. The summed E-state index contributed by atoms with van der Waals surface area (Å²) in [6, 6.07) is 7.14. The number of sulfone groups is 1. The zero-order valence-corrected chi connectivity index (χ0v) is 16.1. The Labute approximate surface area is 156 Å². The molecule has 0 radical (unpaired) electrons. The third kappa shape index (κ3) is 5.55. The highest BCUT2D eigenvalue weighted by molar-refractivity contribution is 7.91. The van der Waals surface area contributed by atoms with Crippen LogP contribution in [-0.4, -0.2) is 32.3 Å². The molecule has 0 saturated heterocycles. The monoisotopic (exact) mass is 379 g/mol. The van der Waals surface area contributed by atoms with E-state index in [1.165, 1.54) is 12.8 Å². The fourth-order valence-electron chi connectivity index (χ4n) is 3.96. The minimum Gasteiger partial charge on any atom is -0.368 e. The van der Waals surface area contributed by atoms with Crippen LogP contribution in [0.1, 0.15) is 63.4 Å². The summed E-state index contributed by atoms with van der Waals surface area (Å²) in [7, 11) is -3.14. The van der Waals surface area contributed by atoms with Crippen LogP contribution in [0, 0.1) is 0 Å². The number of nitrogens with one attached hydrogen (secondary N) is 1. The van der Waals surface area contributed by atoms with Crippen LogP contribution in [0.5, 0.6) is 0 Å². The van der Waals surface area contributed by atoms with Gasteiger partial charge in [0.25, 0.3) is 0 Å². The van der Waals surface area contributed by atoms with Crippen molar-refractivity contribution in [2.24, 2.45) is 0 Å². The van der Waals surface area contributed by atoms with Crippen LogP contribution >= 0.6 is 0 Å². The highest BCUT2D eigenvalue weighted by atomic mass is 32.2. The van der Waals surface area contributed by atoms with E-state index in [-0.39, 0.29) is 29.6 Å². The Bertz CT molecular complexity index is 704. The topological polar surface area (TPSA) is 72.5 Å². The largest absolute Gasteiger partial charge is 0.368 e. The molecule has 0 aliphatic heterocycles. The van der Waals surface area contributed by atoms with Gasteiger partial charge in [0.1, 0.15) is 6.61 Å². The fraction of sp³-hybridized carbons (Fsp3) is 0.650. The van der Waals surface area contributed by atoms with Gasteiger partial charge in [0, 0.05) is 5.69 Å². The lowest BCUT2D eigenvalue weighted by atomic mass is 10.0. The molecule has 1 amide bonds. The second-order valence-corrected chi connectivity index (χ2v) is 9.81. The summed E-state index contributed by atoms with van der Waals surface area (Å²) in [5, 5.41) is 2.60. The van der Waals surface area contributed by atoms with Gasteiger partial charge in [0.05, 0.1) is 17.1 Å². The van der Waals surface area contributed by atoms with Gasteiger partial charge < -0.3 is 10.1 Å². The number of hydrogen-bond donors (Lipinski definition) is 1. The zero-order valence-electron chi connectivity index (χ0n) is 15.3. The molecule has 5 nitrogen and oxygen atoms in total. The first-order chi connectivity index (χ1) is 12.5. The SMILES string of the molecule is O=C(COC1CCCC1)Nc1cccc(CS(=O)(=O)C2CCCCC2)c1. The molecule has 0 spiro atoms. The highest BCUT2D eigenvalue weighted by Crippen LogP contribution is 2.26. The van der Waals surface area contributed by atoms with E-state index >= 15 is 0 Å². The number of hydrogen-bond acceptors (Lipinski definition) is 4. The normalized spacial score (nSPS) is 19.5. The van der Waals surface area contributed by atoms with Crippen LogP contribution in [-0.2, 0) is 25.1 Å². The highest BCUT2D eigenvalue weighted by Gasteiger charge is 2.27. The molecule has 1 aromatic carbocycles. The van der Waals surface area contributed by atoms with Gasteiger partial charge in [-0.15, -0.1) is 0 Å². The van der Waals surface area contributed by atoms with Gasteiger partial charge in [-0.05, 0) is 43.4 Å². The molecule has 1 aromatic rings. The molecule has 2 saturated carbocycles. The van der Waals surface area contributed by atoms with Crippen LogP contribution in [0.3, 0.4) is 0 Å². The first-order valence-corrected chi connectivity index (χ1v) is 11.5. The Morgan fingerprint density at radius 1 is 1.04 bits per heavy atom. The van der Waals surface area contributed by atoms with E-state index in [0.29, 0.717) is 5.69 Å². The molecule has 2 aliphatic rings. The van der Waals surface area contributed by atoms with Crippen molar-refractivity contribution in [3.8, 4) is 0 Å². The minimum absolute atomic E-state index is 0.0416. The molecular weight excluding hydrogens is 350 g/mol. The minimum atomic E-state index is -3.14. The lowest BCUT2D eigenvalue weighted by Gasteiger charge is -2.21. The summed E-state index contributed by atoms with van der Waals surface area (Å²) in [6.07, 6.45) is 9.29. The van der Waals surface area contributed by atoms with Crippen LogP contribution < -0.4 is 5.32 Å². The molecule has 6 heteroatoms. The number of carbonyl (C=O) groups is 1. The summed E-state index contributed by atoms with van der Waals surface area (Å²) in [5.41, 5.74) is 1.35. The summed E-state index contributed by atoms with van der Waals surface area (Å²) in [6.45, 7) is 0.0509. The Hall–Kier alpha value is -1.40. The van der Waals surface area contributed by atoms with Crippen LogP contribution in [0.15, 0.2) is 24.3 Å². The zero-order chi connectivity index (χ0) is 18.4. The predicted octanol–water partition coefficient (Wildman–Crippen LogP) is 3.83. The number of amides is 1. The van der Waals surface area contributed by atoms with Gasteiger partial charge >= 0.3 is 0 Å². The van der Waals surface area contributed by atoms with E-state index < -0.39 is 9.84 Å². The summed E-state index contributed by atoms with van der Waals surface area (Å²) in [5.74, 6) is -0.149. The first kappa shape index (κ1) is 19.4. The van der Waals surface area contributed by atoms with Crippen molar-refractivity contribution in [2.75, 3.05) is 11.9 Å². The van der Waals surface area contributed by atoms with Crippen LogP contribution in [0.4, 0.5) is 5.69 Å². The summed E-state index contributed by atoms with van der Waals surface area (Å²) >= 11 is 0. The lowest BCUT2D eigenvalue weighted by Crippen LogP contribution is -2.25. The van der Waals surface area contributed by atoms with Gasteiger partial charge in [-0.1, -0.05) is 44.2 Å². The molecule has 2 fully saturated rings. The van der Waals surface area contributed by atoms with Crippen LogP contribution in [0.25, 0.3) is 0 Å². The summed E-state index contributed by atoms with van der Waals surface area (Å²) in [4.78, 5) is 12.1. The molecule has 144 valence electrons. The van der Waals surface area contributed by atoms with Crippen molar-refractivity contribution in [2.45, 2.75) is 74.9 Å². The molecule has 0 heterocycles. The molecule has 0 atom stereocenters.